The molecule has 0 aromatic rings. The molecule has 8 heteroatoms. The summed E-state index contributed by atoms with van der Waals surface area (Å²) in [6.07, 6.45) is -5.10. The van der Waals surface area contributed by atoms with Gasteiger partial charge in [0.25, 0.3) is 0 Å². The molecule has 0 aromatic heterocycles. The Morgan fingerprint density at radius 2 is 2.06 bits per heavy atom. The average Bonchev–Trinajstić information content (AvgIpc) is 2.29. The number of ketones is 1. The van der Waals surface area contributed by atoms with Crippen molar-refractivity contribution in [1.29, 1.82) is 0 Å². The summed E-state index contributed by atoms with van der Waals surface area (Å²) in [4.78, 5) is 22.1. The summed E-state index contributed by atoms with van der Waals surface area (Å²) < 4.78 is 40.2. The molecule has 1 aliphatic rings. The third-order valence-corrected chi connectivity index (χ3v) is 2.17. The first kappa shape index (κ1) is 12.9. The number of carbonyl (C=O) groups excluding carboxylic acids is 2. The van der Waals surface area contributed by atoms with Crippen LogP contribution in [0, 0.1) is 0 Å². The molecule has 2 N–H and O–H groups in total. The Morgan fingerprint density at radius 3 is 2.62 bits per heavy atom. The van der Waals surface area contributed by atoms with Gasteiger partial charge in [0.15, 0.2) is 11.4 Å². The van der Waals surface area contributed by atoms with Crippen molar-refractivity contribution in [1.82, 2.24) is 10.9 Å². The van der Waals surface area contributed by atoms with E-state index in [4.69, 9.17) is 0 Å². The Morgan fingerprint density at radius 1 is 1.44 bits per heavy atom. The maximum atomic E-state index is 12.0. The lowest BCUT2D eigenvalue weighted by atomic mass is 9.99. The number of esters is 1. The molecule has 1 aliphatic heterocycles. The largest absolute Gasteiger partial charge is 0.490 e. The molecule has 0 aromatic carbocycles. The van der Waals surface area contributed by atoms with Crippen LogP contribution in [0.4, 0.5) is 13.2 Å². The first-order valence-corrected chi connectivity index (χ1v) is 4.55. The van der Waals surface area contributed by atoms with Crippen molar-refractivity contribution >= 4 is 11.8 Å². The fourth-order valence-corrected chi connectivity index (χ4v) is 1.21. The van der Waals surface area contributed by atoms with Gasteiger partial charge in [0.1, 0.15) is 0 Å². The zero-order valence-electron chi connectivity index (χ0n) is 8.48. The first-order valence-electron chi connectivity index (χ1n) is 4.55. The molecule has 0 spiro atoms. The lowest BCUT2D eigenvalue weighted by Crippen LogP contribution is -2.50. The fraction of sp³-hybridized carbons (Fsp3) is 0.750. The molecule has 92 valence electrons. The highest BCUT2D eigenvalue weighted by Gasteiger charge is 2.47. The second-order valence-electron chi connectivity index (χ2n) is 3.57. The molecule has 1 saturated heterocycles. The highest BCUT2D eigenvalue weighted by Crippen LogP contribution is 2.23. The summed E-state index contributed by atoms with van der Waals surface area (Å²) in [5.41, 5.74) is 3.33. The van der Waals surface area contributed by atoms with Crippen LogP contribution in [-0.2, 0) is 14.3 Å². The monoisotopic (exact) mass is 240 g/mol. The number of hydrogen-bond acceptors (Lipinski definition) is 5. The quantitative estimate of drug-likeness (QED) is 0.627. The van der Waals surface area contributed by atoms with Crippen molar-refractivity contribution < 1.29 is 27.5 Å². The van der Waals surface area contributed by atoms with Crippen molar-refractivity contribution in [2.75, 3.05) is 13.1 Å². The van der Waals surface area contributed by atoms with Crippen LogP contribution in [0.25, 0.3) is 0 Å². The van der Waals surface area contributed by atoms with E-state index < -0.39 is 23.5 Å². The van der Waals surface area contributed by atoms with Crippen molar-refractivity contribution in [2.45, 2.75) is 25.1 Å². The molecule has 0 amide bonds. The van der Waals surface area contributed by atoms with Crippen LogP contribution in [0.3, 0.4) is 0 Å². The van der Waals surface area contributed by atoms with Gasteiger partial charge in [-0.25, -0.2) is 4.79 Å². The SMILES string of the molecule is CC1(OC(=O)C(F)(F)F)CNNCCC1=O. The van der Waals surface area contributed by atoms with Crippen molar-refractivity contribution in [3.05, 3.63) is 0 Å². The molecular weight excluding hydrogens is 229 g/mol. The minimum absolute atomic E-state index is 0.00532. The highest BCUT2D eigenvalue weighted by atomic mass is 19.4. The van der Waals surface area contributed by atoms with Crippen LogP contribution in [-0.4, -0.2) is 36.6 Å². The predicted molar refractivity (Wildman–Crippen MR) is 46.2 cm³/mol. The van der Waals surface area contributed by atoms with Crippen LogP contribution in [0.1, 0.15) is 13.3 Å². The predicted octanol–water partition coefficient (Wildman–Crippen LogP) is -0.0824. The smallest absolute Gasteiger partial charge is 0.443 e. The molecule has 1 fully saturated rings. The van der Waals surface area contributed by atoms with E-state index in [1.54, 1.807) is 0 Å². The lowest BCUT2D eigenvalue weighted by Gasteiger charge is -2.26. The molecule has 5 nitrogen and oxygen atoms in total. The van der Waals surface area contributed by atoms with Gasteiger partial charge in [0, 0.05) is 13.0 Å². The summed E-state index contributed by atoms with van der Waals surface area (Å²) in [5.74, 6) is -2.91. The van der Waals surface area contributed by atoms with Gasteiger partial charge in [-0.15, -0.1) is 0 Å². The summed E-state index contributed by atoms with van der Waals surface area (Å²) in [6, 6.07) is 0. The number of ether oxygens (including phenoxy) is 1. The van der Waals surface area contributed by atoms with Crippen molar-refractivity contribution in [2.24, 2.45) is 0 Å². The molecular formula is C8H11F3N2O3. The van der Waals surface area contributed by atoms with E-state index in [-0.39, 0.29) is 19.5 Å². The molecule has 1 heterocycles. The Hall–Kier alpha value is -1.15. The second-order valence-corrected chi connectivity index (χ2v) is 3.57. The van der Waals surface area contributed by atoms with Crippen LogP contribution in [0.15, 0.2) is 0 Å². The van der Waals surface area contributed by atoms with Crippen LogP contribution in [0.2, 0.25) is 0 Å². The Kier molecular flexibility index (Phi) is 3.54. The number of hydrazine groups is 1. The minimum Gasteiger partial charge on any atom is -0.443 e. The lowest BCUT2D eigenvalue weighted by molar-refractivity contribution is -0.212. The van der Waals surface area contributed by atoms with E-state index in [9.17, 15) is 22.8 Å². The summed E-state index contributed by atoms with van der Waals surface area (Å²) >= 11 is 0. The molecule has 0 saturated carbocycles. The number of nitrogens with one attached hydrogen (secondary N) is 2. The molecule has 0 bridgehead atoms. The number of alkyl halides is 3. The van der Waals surface area contributed by atoms with E-state index in [1.165, 1.54) is 0 Å². The third kappa shape index (κ3) is 2.92. The van der Waals surface area contributed by atoms with Gasteiger partial charge in [-0.2, -0.15) is 13.2 Å². The minimum atomic E-state index is -5.09. The summed E-state index contributed by atoms with van der Waals surface area (Å²) in [7, 11) is 0. The topological polar surface area (TPSA) is 67.4 Å². The Labute approximate surface area is 89.3 Å². The standard InChI is InChI=1S/C8H11F3N2O3/c1-7(16-6(15)8(9,10)11)4-13-12-3-2-5(7)14/h12-13H,2-4H2,1H3. The molecule has 0 aliphatic carbocycles. The zero-order chi connectivity index (χ0) is 12.4. The van der Waals surface area contributed by atoms with Crippen molar-refractivity contribution in [3.63, 3.8) is 0 Å². The van der Waals surface area contributed by atoms with Gasteiger partial charge in [0.2, 0.25) is 0 Å². The van der Waals surface area contributed by atoms with Gasteiger partial charge < -0.3 is 4.74 Å². The number of Topliss-reactive ketones (excluding diaryl/α,β-unsaturated/α-hetero) is 1. The second kappa shape index (κ2) is 4.38. The van der Waals surface area contributed by atoms with Crippen LogP contribution >= 0.6 is 0 Å². The fourth-order valence-electron chi connectivity index (χ4n) is 1.21. The van der Waals surface area contributed by atoms with E-state index in [2.05, 4.69) is 15.6 Å². The molecule has 0 radical (unpaired) electrons. The normalized spacial score (nSPS) is 27.4. The molecule has 1 atom stereocenters. The summed E-state index contributed by atoms with van der Waals surface area (Å²) in [5, 5.41) is 0. The van der Waals surface area contributed by atoms with Gasteiger partial charge >= 0.3 is 12.1 Å². The van der Waals surface area contributed by atoms with E-state index in [0.717, 1.165) is 6.92 Å². The molecule has 16 heavy (non-hydrogen) atoms. The van der Waals surface area contributed by atoms with Crippen molar-refractivity contribution in [3.8, 4) is 0 Å². The van der Waals surface area contributed by atoms with Gasteiger partial charge in [-0.3, -0.25) is 15.6 Å². The van der Waals surface area contributed by atoms with E-state index in [1.807, 2.05) is 0 Å². The first-order chi connectivity index (χ1) is 7.26. The van der Waals surface area contributed by atoms with Gasteiger partial charge in [-0.1, -0.05) is 0 Å². The van der Waals surface area contributed by atoms with E-state index >= 15 is 0 Å². The van der Waals surface area contributed by atoms with Crippen LogP contribution < -0.4 is 10.9 Å². The number of rotatable bonds is 1. The number of halogens is 3. The average molecular weight is 240 g/mol. The summed E-state index contributed by atoms with van der Waals surface area (Å²) in [6.45, 7) is 1.23. The maximum Gasteiger partial charge on any atom is 0.490 e. The zero-order valence-corrected chi connectivity index (χ0v) is 8.48. The van der Waals surface area contributed by atoms with E-state index in [0.29, 0.717) is 0 Å². The maximum absolute atomic E-state index is 12.0. The number of carbonyl (C=O) groups is 2. The van der Waals surface area contributed by atoms with Gasteiger partial charge in [0.05, 0.1) is 6.54 Å². The Balaban J connectivity index is 2.76. The Bertz CT molecular complexity index is 305. The van der Waals surface area contributed by atoms with Crippen LogP contribution in [0.5, 0.6) is 0 Å². The molecule has 1 unspecified atom stereocenters. The highest BCUT2D eigenvalue weighted by molar-refractivity contribution is 5.90. The third-order valence-electron chi connectivity index (χ3n) is 2.17. The van der Waals surface area contributed by atoms with Gasteiger partial charge in [-0.05, 0) is 6.92 Å². The molecule has 1 rings (SSSR count). The number of hydrogen-bond donors (Lipinski definition) is 2.